The highest BCUT2D eigenvalue weighted by molar-refractivity contribution is 7.09. The van der Waals surface area contributed by atoms with E-state index < -0.39 is 16.8 Å². The van der Waals surface area contributed by atoms with Crippen molar-refractivity contribution in [3.8, 4) is 6.07 Å². The van der Waals surface area contributed by atoms with Crippen molar-refractivity contribution in [1.29, 1.82) is 5.26 Å². The van der Waals surface area contributed by atoms with Crippen LogP contribution in [0.15, 0.2) is 17.6 Å². The Bertz CT molecular complexity index is 877. The van der Waals surface area contributed by atoms with Gasteiger partial charge in [0.15, 0.2) is 5.69 Å². The Morgan fingerprint density at radius 2 is 2.23 bits per heavy atom. The van der Waals surface area contributed by atoms with E-state index in [0.717, 1.165) is 16.7 Å². The van der Waals surface area contributed by atoms with E-state index in [0.29, 0.717) is 24.4 Å². The van der Waals surface area contributed by atoms with E-state index in [2.05, 4.69) is 9.97 Å². The quantitative estimate of drug-likeness (QED) is 0.592. The van der Waals surface area contributed by atoms with Crippen LogP contribution in [-0.4, -0.2) is 28.0 Å². The van der Waals surface area contributed by atoms with Crippen molar-refractivity contribution in [2.75, 3.05) is 18.0 Å². The van der Waals surface area contributed by atoms with Crippen LogP contribution in [0.5, 0.6) is 0 Å². The van der Waals surface area contributed by atoms with Crippen LogP contribution in [-0.2, 0) is 6.18 Å². The molecule has 0 N–H and O–H groups in total. The molecular weight excluding hydrogens is 371 g/mol. The number of alkyl halides is 3. The first kappa shape index (κ1) is 18.1. The van der Waals surface area contributed by atoms with Crippen molar-refractivity contribution in [2.24, 2.45) is 0 Å². The van der Waals surface area contributed by atoms with Crippen molar-refractivity contribution in [2.45, 2.75) is 24.9 Å². The number of aromatic nitrogens is 2. The topological polar surface area (TPSA) is 96.0 Å². The van der Waals surface area contributed by atoms with E-state index in [1.54, 1.807) is 11.0 Å². The average Bonchev–Trinajstić information content (AvgIpc) is 3.11. The first-order valence-corrected chi connectivity index (χ1v) is 8.50. The fraction of sp³-hybridized carbons (Fsp3) is 0.400. The Labute approximate surface area is 149 Å². The van der Waals surface area contributed by atoms with Gasteiger partial charge in [-0.3, -0.25) is 10.1 Å². The number of hydrogen-bond donors (Lipinski definition) is 0. The molecule has 0 aromatic carbocycles. The molecule has 0 spiro atoms. The van der Waals surface area contributed by atoms with Crippen LogP contribution >= 0.6 is 11.3 Å². The predicted octanol–water partition coefficient (Wildman–Crippen LogP) is 3.72. The zero-order valence-corrected chi connectivity index (χ0v) is 14.0. The normalized spacial score (nSPS) is 17.8. The summed E-state index contributed by atoms with van der Waals surface area (Å²) in [5, 5.41) is 21.8. The number of nitriles is 1. The summed E-state index contributed by atoms with van der Waals surface area (Å²) in [5.41, 5.74) is -1.41. The lowest BCUT2D eigenvalue weighted by Gasteiger charge is -2.32. The summed E-state index contributed by atoms with van der Waals surface area (Å²) in [4.78, 5) is 20.1. The minimum atomic E-state index is -4.50. The molecule has 1 aliphatic rings. The summed E-state index contributed by atoms with van der Waals surface area (Å²) in [5.74, 6) is -0.219. The molecular formula is C15H12F3N5O2S. The Balaban J connectivity index is 1.89. The van der Waals surface area contributed by atoms with Crippen molar-refractivity contribution in [3.05, 3.63) is 44.0 Å². The van der Waals surface area contributed by atoms with Gasteiger partial charge in [0.25, 0.3) is 0 Å². The van der Waals surface area contributed by atoms with Crippen LogP contribution in [0.4, 0.5) is 24.7 Å². The smallest absolute Gasteiger partial charge is 0.350 e. The number of nitro groups is 1. The van der Waals surface area contributed by atoms with E-state index in [1.165, 1.54) is 12.3 Å². The first-order chi connectivity index (χ1) is 12.3. The number of nitrogens with zero attached hydrogens (tertiary/aromatic N) is 5. The third-order valence-corrected chi connectivity index (χ3v) is 5.10. The van der Waals surface area contributed by atoms with Crippen molar-refractivity contribution in [1.82, 2.24) is 9.97 Å². The number of anilines is 1. The van der Waals surface area contributed by atoms with Crippen LogP contribution in [0.3, 0.4) is 0 Å². The van der Waals surface area contributed by atoms with Crippen molar-refractivity contribution >= 4 is 22.8 Å². The largest absolute Gasteiger partial charge is 0.434 e. The molecule has 3 heterocycles. The summed E-state index contributed by atoms with van der Waals surface area (Å²) < 4.78 is 38.3. The number of thiazole rings is 1. The highest BCUT2D eigenvalue weighted by atomic mass is 32.1. The van der Waals surface area contributed by atoms with Crippen LogP contribution in [0.1, 0.15) is 35.0 Å². The molecule has 7 nitrogen and oxygen atoms in total. The van der Waals surface area contributed by atoms with Gasteiger partial charge in [0.2, 0.25) is 5.82 Å². The molecule has 0 radical (unpaired) electrons. The lowest BCUT2D eigenvalue weighted by atomic mass is 9.98. The third-order valence-electron chi connectivity index (χ3n) is 4.09. The Morgan fingerprint density at radius 3 is 2.85 bits per heavy atom. The molecule has 11 heteroatoms. The van der Waals surface area contributed by atoms with E-state index in [4.69, 9.17) is 5.26 Å². The maximum absolute atomic E-state index is 12.8. The lowest BCUT2D eigenvalue weighted by molar-refractivity contribution is -0.384. The van der Waals surface area contributed by atoms with Gasteiger partial charge >= 0.3 is 11.9 Å². The summed E-state index contributed by atoms with van der Waals surface area (Å²) in [6, 6.07) is 3.04. The molecule has 26 heavy (non-hydrogen) atoms. The van der Waals surface area contributed by atoms with Gasteiger partial charge in [-0.2, -0.15) is 18.4 Å². The molecule has 1 aliphatic heterocycles. The van der Waals surface area contributed by atoms with Crippen molar-refractivity contribution in [3.63, 3.8) is 0 Å². The minimum absolute atomic E-state index is 0.0614. The molecule has 0 saturated carbocycles. The number of rotatable bonds is 3. The monoisotopic (exact) mass is 383 g/mol. The highest BCUT2D eigenvalue weighted by Crippen LogP contribution is 2.37. The second-order valence-corrected chi connectivity index (χ2v) is 6.64. The SMILES string of the molecule is N#Cc1ccnc(N2CCCC(c3nc(C(F)(F)F)cs3)C2)c1[N+](=O)[O-]. The number of piperidine rings is 1. The summed E-state index contributed by atoms with van der Waals surface area (Å²) in [7, 11) is 0. The van der Waals surface area contributed by atoms with Gasteiger partial charge in [0.05, 0.1) is 9.93 Å². The summed E-state index contributed by atoms with van der Waals surface area (Å²) in [6.45, 7) is 0.726. The first-order valence-electron chi connectivity index (χ1n) is 7.62. The van der Waals surface area contributed by atoms with Crippen molar-refractivity contribution < 1.29 is 18.1 Å². The maximum Gasteiger partial charge on any atom is 0.434 e. The molecule has 1 atom stereocenters. The van der Waals surface area contributed by atoms with Gasteiger partial charge in [-0.25, -0.2) is 9.97 Å². The Morgan fingerprint density at radius 1 is 1.46 bits per heavy atom. The predicted molar refractivity (Wildman–Crippen MR) is 86.9 cm³/mol. The maximum atomic E-state index is 12.8. The zero-order chi connectivity index (χ0) is 18.9. The van der Waals surface area contributed by atoms with Crippen LogP contribution < -0.4 is 4.90 Å². The molecule has 3 rings (SSSR count). The summed E-state index contributed by atoms with van der Waals surface area (Å²) >= 11 is 0.934. The molecule has 0 bridgehead atoms. The molecule has 136 valence electrons. The van der Waals surface area contributed by atoms with E-state index >= 15 is 0 Å². The van der Waals surface area contributed by atoms with Crippen LogP contribution in [0.25, 0.3) is 0 Å². The molecule has 2 aromatic rings. The highest BCUT2D eigenvalue weighted by Gasteiger charge is 2.36. The third kappa shape index (κ3) is 3.45. The second kappa shape index (κ2) is 6.87. The number of halogens is 3. The van der Waals surface area contributed by atoms with Gasteiger partial charge < -0.3 is 4.90 Å². The van der Waals surface area contributed by atoms with E-state index in [9.17, 15) is 23.3 Å². The van der Waals surface area contributed by atoms with Gasteiger partial charge in [-0.15, -0.1) is 11.3 Å². The molecule has 0 amide bonds. The van der Waals surface area contributed by atoms with Crippen LogP contribution in [0.2, 0.25) is 0 Å². The number of pyridine rings is 1. The molecule has 0 aliphatic carbocycles. The molecule has 1 saturated heterocycles. The van der Waals surface area contributed by atoms with E-state index in [-0.39, 0.29) is 29.5 Å². The standard InChI is InChI=1S/C15H12F3N5O2S/c16-15(17,18)11-8-26-14(21-11)10-2-1-5-22(7-10)13-12(23(24)25)9(6-19)3-4-20-13/h3-4,8,10H,1-2,5,7H2. The van der Waals surface area contributed by atoms with E-state index in [1.807, 2.05) is 0 Å². The molecule has 1 unspecified atom stereocenters. The second-order valence-electron chi connectivity index (χ2n) is 5.75. The fourth-order valence-electron chi connectivity index (χ4n) is 2.92. The average molecular weight is 383 g/mol. The van der Waals surface area contributed by atoms with Crippen LogP contribution in [0, 0.1) is 21.4 Å². The minimum Gasteiger partial charge on any atom is -0.350 e. The summed E-state index contributed by atoms with van der Waals surface area (Å²) in [6.07, 6.45) is -1.92. The molecule has 2 aromatic heterocycles. The fourth-order valence-corrected chi connectivity index (χ4v) is 3.88. The zero-order valence-electron chi connectivity index (χ0n) is 13.2. The molecule has 1 fully saturated rings. The number of hydrogen-bond acceptors (Lipinski definition) is 7. The lowest BCUT2D eigenvalue weighted by Crippen LogP contribution is -2.35. The Hall–Kier alpha value is -2.74. The van der Waals surface area contributed by atoms with Gasteiger partial charge in [-0.1, -0.05) is 0 Å². The van der Waals surface area contributed by atoms with Gasteiger partial charge in [0.1, 0.15) is 11.6 Å². The van der Waals surface area contributed by atoms with Gasteiger partial charge in [-0.05, 0) is 18.9 Å². The van der Waals surface area contributed by atoms with Gasteiger partial charge in [0, 0.05) is 30.6 Å². The Kier molecular flexibility index (Phi) is 4.78.